The SMILES string of the molecule is O=C(c1ccccc1)c1nc(-c2cc(F)cc(F)c2)cs1. The van der Waals surface area contributed by atoms with Gasteiger partial charge in [0.25, 0.3) is 0 Å². The van der Waals surface area contributed by atoms with E-state index in [2.05, 4.69) is 4.98 Å². The van der Waals surface area contributed by atoms with Gasteiger partial charge in [-0.05, 0) is 12.1 Å². The van der Waals surface area contributed by atoms with Gasteiger partial charge in [-0.25, -0.2) is 13.8 Å². The van der Waals surface area contributed by atoms with E-state index >= 15 is 0 Å². The van der Waals surface area contributed by atoms with Gasteiger partial charge in [0, 0.05) is 22.6 Å². The smallest absolute Gasteiger partial charge is 0.221 e. The van der Waals surface area contributed by atoms with Crippen molar-refractivity contribution in [2.45, 2.75) is 0 Å². The summed E-state index contributed by atoms with van der Waals surface area (Å²) < 4.78 is 26.4. The molecule has 3 aromatic rings. The molecule has 0 amide bonds. The summed E-state index contributed by atoms with van der Waals surface area (Å²) in [5, 5.41) is 1.91. The number of benzene rings is 2. The maximum Gasteiger partial charge on any atom is 0.221 e. The van der Waals surface area contributed by atoms with E-state index in [-0.39, 0.29) is 5.78 Å². The van der Waals surface area contributed by atoms with E-state index < -0.39 is 11.6 Å². The van der Waals surface area contributed by atoms with Gasteiger partial charge in [0.15, 0.2) is 5.01 Å². The van der Waals surface area contributed by atoms with Crippen LogP contribution in [0, 0.1) is 11.6 Å². The Morgan fingerprint density at radius 3 is 2.33 bits per heavy atom. The molecule has 0 aliphatic carbocycles. The highest BCUT2D eigenvalue weighted by molar-refractivity contribution is 7.12. The zero-order chi connectivity index (χ0) is 14.8. The van der Waals surface area contributed by atoms with Crippen molar-refractivity contribution < 1.29 is 13.6 Å². The summed E-state index contributed by atoms with van der Waals surface area (Å²) in [5.74, 6) is -1.55. The third-order valence-electron chi connectivity index (χ3n) is 2.89. The van der Waals surface area contributed by atoms with E-state index in [0.29, 0.717) is 21.8 Å². The third-order valence-corrected chi connectivity index (χ3v) is 3.73. The summed E-state index contributed by atoms with van der Waals surface area (Å²) in [6.07, 6.45) is 0. The Balaban J connectivity index is 1.95. The van der Waals surface area contributed by atoms with Crippen molar-refractivity contribution in [1.82, 2.24) is 4.98 Å². The van der Waals surface area contributed by atoms with E-state index in [1.165, 1.54) is 12.1 Å². The normalized spacial score (nSPS) is 10.6. The monoisotopic (exact) mass is 301 g/mol. The quantitative estimate of drug-likeness (QED) is 0.674. The minimum absolute atomic E-state index is 0.205. The van der Waals surface area contributed by atoms with Gasteiger partial charge in [-0.3, -0.25) is 4.79 Å². The molecule has 0 atom stereocenters. The summed E-state index contributed by atoms with van der Waals surface area (Å²) in [4.78, 5) is 16.4. The second-order valence-electron chi connectivity index (χ2n) is 4.39. The molecule has 0 bridgehead atoms. The highest BCUT2D eigenvalue weighted by Crippen LogP contribution is 2.25. The number of nitrogens with zero attached hydrogens (tertiary/aromatic N) is 1. The fourth-order valence-electron chi connectivity index (χ4n) is 1.93. The molecule has 0 aliphatic heterocycles. The van der Waals surface area contributed by atoms with Gasteiger partial charge in [-0.2, -0.15) is 0 Å². The van der Waals surface area contributed by atoms with Crippen molar-refractivity contribution in [1.29, 1.82) is 0 Å². The van der Waals surface area contributed by atoms with Crippen molar-refractivity contribution in [2.24, 2.45) is 0 Å². The van der Waals surface area contributed by atoms with Crippen LogP contribution in [0.25, 0.3) is 11.3 Å². The van der Waals surface area contributed by atoms with E-state index in [4.69, 9.17) is 0 Å². The minimum Gasteiger partial charge on any atom is -0.286 e. The number of thiazole rings is 1. The maximum absolute atomic E-state index is 13.2. The van der Waals surface area contributed by atoms with E-state index in [0.717, 1.165) is 17.4 Å². The number of carbonyl (C=O) groups excluding carboxylic acids is 1. The Labute approximate surface area is 123 Å². The van der Waals surface area contributed by atoms with Crippen LogP contribution in [0.3, 0.4) is 0 Å². The first-order valence-electron chi connectivity index (χ1n) is 6.15. The average Bonchev–Trinajstić information content (AvgIpc) is 2.96. The first-order chi connectivity index (χ1) is 10.1. The molecule has 0 aliphatic rings. The largest absolute Gasteiger partial charge is 0.286 e. The van der Waals surface area contributed by atoms with E-state index in [1.807, 2.05) is 6.07 Å². The molecule has 2 nitrogen and oxygen atoms in total. The number of rotatable bonds is 3. The molecule has 0 spiro atoms. The molecule has 0 radical (unpaired) electrons. The fourth-order valence-corrected chi connectivity index (χ4v) is 2.71. The standard InChI is InChI=1S/C16H9F2NOS/c17-12-6-11(7-13(18)8-12)14-9-21-16(19-14)15(20)10-4-2-1-3-5-10/h1-9H. The topological polar surface area (TPSA) is 30.0 Å². The zero-order valence-corrected chi connectivity index (χ0v) is 11.5. The molecular weight excluding hydrogens is 292 g/mol. The van der Waals surface area contributed by atoms with Crippen LogP contribution < -0.4 is 0 Å². The molecule has 3 rings (SSSR count). The van der Waals surface area contributed by atoms with Crippen LogP contribution in [-0.4, -0.2) is 10.8 Å². The zero-order valence-electron chi connectivity index (χ0n) is 10.7. The van der Waals surface area contributed by atoms with Crippen molar-refractivity contribution in [3.63, 3.8) is 0 Å². The summed E-state index contributed by atoms with van der Waals surface area (Å²) in [6.45, 7) is 0. The van der Waals surface area contributed by atoms with Crippen molar-refractivity contribution in [2.75, 3.05) is 0 Å². The molecule has 2 aromatic carbocycles. The lowest BCUT2D eigenvalue weighted by atomic mass is 10.1. The minimum atomic E-state index is -0.672. The Bertz CT molecular complexity index is 779. The number of halogens is 2. The van der Waals surface area contributed by atoms with Crippen molar-refractivity contribution in [3.8, 4) is 11.3 Å². The molecule has 0 saturated heterocycles. The fraction of sp³-hybridized carbons (Fsp3) is 0. The van der Waals surface area contributed by atoms with Crippen LogP contribution >= 0.6 is 11.3 Å². The number of carbonyl (C=O) groups is 1. The predicted molar refractivity (Wildman–Crippen MR) is 77.3 cm³/mol. The third kappa shape index (κ3) is 2.87. The molecule has 0 N–H and O–H groups in total. The van der Waals surface area contributed by atoms with Crippen LogP contribution in [0.5, 0.6) is 0 Å². The molecule has 1 heterocycles. The Morgan fingerprint density at radius 2 is 1.67 bits per heavy atom. The molecule has 0 saturated carbocycles. The lowest BCUT2D eigenvalue weighted by molar-refractivity contribution is 0.103. The van der Waals surface area contributed by atoms with Crippen LogP contribution in [0.15, 0.2) is 53.9 Å². The number of ketones is 1. The van der Waals surface area contributed by atoms with Crippen molar-refractivity contribution >= 4 is 17.1 Å². The molecule has 5 heteroatoms. The lowest BCUT2D eigenvalue weighted by Gasteiger charge is -1.98. The number of hydrogen-bond donors (Lipinski definition) is 0. The number of hydrogen-bond acceptors (Lipinski definition) is 3. The van der Waals surface area contributed by atoms with Crippen molar-refractivity contribution in [3.05, 3.63) is 76.1 Å². The second kappa shape index (κ2) is 5.54. The Kier molecular flexibility index (Phi) is 3.58. The van der Waals surface area contributed by atoms with Gasteiger partial charge < -0.3 is 0 Å². The lowest BCUT2D eigenvalue weighted by Crippen LogP contribution is -2.00. The van der Waals surface area contributed by atoms with Gasteiger partial charge in [-0.1, -0.05) is 30.3 Å². The number of aromatic nitrogens is 1. The van der Waals surface area contributed by atoms with Crippen LogP contribution in [0.4, 0.5) is 8.78 Å². The molecule has 0 unspecified atom stereocenters. The molecule has 0 fully saturated rings. The van der Waals surface area contributed by atoms with Gasteiger partial charge in [0.1, 0.15) is 11.6 Å². The predicted octanol–water partition coefficient (Wildman–Crippen LogP) is 4.32. The highest BCUT2D eigenvalue weighted by Gasteiger charge is 2.14. The van der Waals surface area contributed by atoms with Gasteiger partial charge in [0.05, 0.1) is 5.69 Å². The highest BCUT2D eigenvalue weighted by atomic mass is 32.1. The summed E-state index contributed by atoms with van der Waals surface area (Å²) >= 11 is 1.15. The maximum atomic E-state index is 13.2. The average molecular weight is 301 g/mol. The Hall–Kier alpha value is -2.40. The van der Waals surface area contributed by atoms with Gasteiger partial charge in [-0.15, -0.1) is 11.3 Å². The van der Waals surface area contributed by atoms with E-state index in [1.54, 1.807) is 29.6 Å². The van der Waals surface area contributed by atoms with Crippen LogP contribution in [0.1, 0.15) is 15.4 Å². The molecule has 104 valence electrons. The van der Waals surface area contributed by atoms with Crippen LogP contribution in [0.2, 0.25) is 0 Å². The molecular formula is C16H9F2NOS. The van der Waals surface area contributed by atoms with Crippen LogP contribution in [-0.2, 0) is 0 Å². The summed E-state index contributed by atoms with van der Waals surface area (Å²) in [6, 6.07) is 11.9. The first kappa shape index (κ1) is 13.6. The summed E-state index contributed by atoms with van der Waals surface area (Å²) in [5.41, 5.74) is 1.23. The van der Waals surface area contributed by atoms with E-state index in [9.17, 15) is 13.6 Å². The van der Waals surface area contributed by atoms with Gasteiger partial charge >= 0.3 is 0 Å². The second-order valence-corrected chi connectivity index (χ2v) is 5.25. The molecule has 21 heavy (non-hydrogen) atoms. The Morgan fingerprint density at radius 1 is 1.00 bits per heavy atom. The molecule has 1 aromatic heterocycles. The summed E-state index contributed by atoms with van der Waals surface area (Å²) in [7, 11) is 0. The first-order valence-corrected chi connectivity index (χ1v) is 7.03. The van der Waals surface area contributed by atoms with Gasteiger partial charge in [0.2, 0.25) is 5.78 Å².